The van der Waals surface area contributed by atoms with E-state index in [-0.39, 0.29) is 0 Å². The van der Waals surface area contributed by atoms with Crippen molar-refractivity contribution in [3.63, 3.8) is 0 Å². The van der Waals surface area contributed by atoms with Gasteiger partial charge in [0.1, 0.15) is 0 Å². The van der Waals surface area contributed by atoms with Crippen LogP contribution < -0.4 is 0 Å². The van der Waals surface area contributed by atoms with E-state index >= 15 is 0 Å². The second kappa shape index (κ2) is 2.67. The minimum Gasteiger partial charge on any atom is -0.348 e. The summed E-state index contributed by atoms with van der Waals surface area (Å²) in [4.78, 5) is 0. The smallest absolute Gasteiger partial charge is 0.0480 e. The quantitative estimate of drug-likeness (QED) is 0.534. The highest BCUT2D eigenvalue weighted by Gasteiger charge is 2.01. The van der Waals surface area contributed by atoms with Crippen molar-refractivity contribution in [1.82, 2.24) is 4.57 Å². The SMILES string of the molecule is C#Cc1ccc2c(c1)cc(C)n2C. The van der Waals surface area contributed by atoms with E-state index in [2.05, 4.69) is 36.6 Å². The third kappa shape index (κ3) is 1.11. The van der Waals surface area contributed by atoms with Gasteiger partial charge in [-0.05, 0) is 31.2 Å². The van der Waals surface area contributed by atoms with Crippen molar-refractivity contribution in [2.24, 2.45) is 7.05 Å². The molecule has 1 aromatic heterocycles. The molecule has 0 amide bonds. The molecule has 0 aliphatic heterocycles. The molecule has 0 unspecified atom stereocenters. The third-order valence-electron chi connectivity index (χ3n) is 2.45. The van der Waals surface area contributed by atoms with Gasteiger partial charge in [0.05, 0.1) is 0 Å². The first-order chi connectivity index (χ1) is 6.22. The minimum absolute atomic E-state index is 0.943. The topological polar surface area (TPSA) is 4.93 Å². The number of fused-ring (bicyclic) bond motifs is 1. The van der Waals surface area contributed by atoms with Crippen molar-refractivity contribution in [2.75, 3.05) is 0 Å². The van der Waals surface area contributed by atoms with E-state index in [1.54, 1.807) is 0 Å². The fourth-order valence-electron chi connectivity index (χ4n) is 1.58. The molecule has 0 atom stereocenters. The van der Waals surface area contributed by atoms with E-state index in [0.29, 0.717) is 0 Å². The Morgan fingerprint density at radius 1 is 1.31 bits per heavy atom. The number of aromatic nitrogens is 1. The van der Waals surface area contributed by atoms with Gasteiger partial charge in [0, 0.05) is 29.2 Å². The summed E-state index contributed by atoms with van der Waals surface area (Å²) >= 11 is 0. The maximum absolute atomic E-state index is 5.33. The molecular weight excluding hydrogens is 158 g/mol. The molecule has 64 valence electrons. The number of benzene rings is 1. The standard InChI is InChI=1S/C12H11N/c1-4-10-5-6-12-11(8-10)7-9(2)13(12)3/h1,5-8H,2-3H3. The van der Waals surface area contributed by atoms with Crippen molar-refractivity contribution in [2.45, 2.75) is 6.92 Å². The van der Waals surface area contributed by atoms with Crippen molar-refractivity contribution < 1.29 is 0 Å². The fourth-order valence-corrected chi connectivity index (χ4v) is 1.58. The summed E-state index contributed by atoms with van der Waals surface area (Å²) in [6.07, 6.45) is 5.33. The molecule has 0 saturated carbocycles. The summed E-state index contributed by atoms with van der Waals surface area (Å²) < 4.78 is 2.16. The van der Waals surface area contributed by atoms with Crippen molar-refractivity contribution in [3.05, 3.63) is 35.5 Å². The van der Waals surface area contributed by atoms with Gasteiger partial charge in [0.25, 0.3) is 0 Å². The molecule has 0 fully saturated rings. The lowest BCUT2D eigenvalue weighted by atomic mass is 10.2. The molecule has 1 heterocycles. The van der Waals surface area contributed by atoms with Crippen LogP contribution in [0.1, 0.15) is 11.3 Å². The summed E-state index contributed by atoms with van der Waals surface area (Å²) in [5, 5.41) is 1.22. The molecule has 1 nitrogen and oxygen atoms in total. The largest absolute Gasteiger partial charge is 0.348 e. The average molecular weight is 169 g/mol. The molecule has 0 bridgehead atoms. The normalized spacial score (nSPS) is 10.2. The predicted molar refractivity (Wildman–Crippen MR) is 55.6 cm³/mol. The molecule has 1 heteroatoms. The monoisotopic (exact) mass is 169 g/mol. The van der Waals surface area contributed by atoms with Gasteiger partial charge in [-0.15, -0.1) is 6.42 Å². The predicted octanol–water partition coefficient (Wildman–Crippen LogP) is 2.47. The van der Waals surface area contributed by atoms with Crippen LogP contribution in [-0.2, 0) is 7.05 Å². The molecule has 0 spiro atoms. The summed E-state index contributed by atoms with van der Waals surface area (Å²) in [6, 6.07) is 8.23. The van der Waals surface area contributed by atoms with Crippen LogP contribution in [0, 0.1) is 19.3 Å². The molecule has 2 aromatic rings. The number of hydrogen-bond acceptors (Lipinski definition) is 0. The third-order valence-corrected chi connectivity index (χ3v) is 2.45. The van der Waals surface area contributed by atoms with Gasteiger partial charge in [-0.3, -0.25) is 0 Å². The molecule has 0 aliphatic rings. The Balaban J connectivity index is 2.82. The van der Waals surface area contributed by atoms with Gasteiger partial charge < -0.3 is 4.57 Å². The first kappa shape index (κ1) is 7.94. The number of aryl methyl sites for hydroxylation is 2. The Kier molecular flexibility index (Phi) is 1.63. The zero-order chi connectivity index (χ0) is 9.42. The minimum atomic E-state index is 0.943. The lowest BCUT2D eigenvalue weighted by Gasteiger charge is -1.97. The molecular formula is C12H11N. The second-order valence-corrected chi connectivity index (χ2v) is 3.26. The second-order valence-electron chi connectivity index (χ2n) is 3.26. The fraction of sp³-hybridized carbons (Fsp3) is 0.167. The van der Waals surface area contributed by atoms with Crippen molar-refractivity contribution >= 4 is 10.9 Å². The maximum atomic E-state index is 5.33. The lowest BCUT2D eigenvalue weighted by molar-refractivity contribution is 0.918. The summed E-state index contributed by atoms with van der Waals surface area (Å²) in [5.74, 6) is 2.64. The van der Waals surface area contributed by atoms with Gasteiger partial charge in [-0.2, -0.15) is 0 Å². The van der Waals surface area contributed by atoms with Crippen LogP contribution in [0.25, 0.3) is 10.9 Å². The Hall–Kier alpha value is -1.68. The van der Waals surface area contributed by atoms with E-state index in [1.165, 1.54) is 16.6 Å². The van der Waals surface area contributed by atoms with E-state index in [0.717, 1.165) is 5.56 Å². The first-order valence-electron chi connectivity index (χ1n) is 4.25. The van der Waals surface area contributed by atoms with Gasteiger partial charge >= 0.3 is 0 Å². The molecule has 0 radical (unpaired) electrons. The van der Waals surface area contributed by atoms with E-state index < -0.39 is 0 Å². The Labute approximate surface area is 78.0 Å². The zero-order valence-electron chi connectivity index (χ0n) is 7.83. The van der Waals surface area contributed by atoms with Crippen molar-refractivity contribution in [1.29, 1.82) is 0 Å². The van der Waals surface area contributed by atoms with Crippen molar-refractivity contribution in [3.8, 4) is 12.3 Å². The van der Waals surface area contributed by atoms with Crippen LogP contribution in [0.15, 0.2) is 24.3 Å². The molecule has 2 rings (SSSR count). The number of hydrogen-bond donors (Lipinski definition) is 0. The average Bonchev–Trinajstić information content (AvgIpc) is 2.42. The lowest BCUT2D eigenvalue weighted by Crippen LogP contribution is -1.88. The van der Waals surface area contributed by atoms with E-state index in [1.807, 2.05) is 12.1 Å². The summed E-state index contributed by atoms with van der Waals surface area (Å²) in [5.41, 5.74) is 3.43. The summed E-state index contributed by atoms with van der Waals surface area (Å²) in [6.45, 7) is 2.09. The molecule has 0 N–H and O–H groups in total. The van der Waals surface area contributed by atoms with Crippen LogP contribution in [0.3, 0.4) is 0 Å². The Morgan fingerprint density at radius 3 is 2.77 bits per heavy atom. The van der Waals surface area contributed by atoms with Gasteiger partial charge in [0.15, 0.2) is 0 Å². The highest BCUT2D eigenvalue weighted by Crippen LogP contribution is 2.19. The van der Waals surface area contributed by atoms with Gasteiger partial charge in [-0.1, -0.05) is 5.92 Å². The van der Waals surface area contributed by atoms with Crippen LogP contribution in [0.5, 0.6) is 0 Å². The number of terminal acetylenes is 1. The number of nitrogens with zero attached hydrogens (tertiary/aromatic N) is 1. The highest BCUT2D eigenvalue weighted by molar-refractivity contribution is 5.82. The van der Waals surface area contributed by atoms with Crippen LogP contribution in [-0.4, -0.2) is 4.57 Å². The first-order valence-corrected chi connectivity index (χ1v) is 4.25. The van der Waals surface area contributed by atoms with Crippen LogP contribution >= 0.6 is 0 Å². The maximum Gasteiger partial charge on any atom is 0.0480 e. The van der Waals surface area contributed by atoms with E-state index in [9.17, 15) is 0 Å². The number of rotatable bonds is 0. The highest BCUT2D eigenvalue weighted by atomic mass is 14.9. The van der Waals surface area contributed by atoms with Gasteiger partial charge in [-0.25, -0.2) is 0 Å². The van der Waals surface area contributed by atoms with Crippen LogP contribution in [0.2, 0.25) is 0 Å². The molecule has 0 saturated heterocycles. The summed E-state index contributed by atoms with van der Waals surface area (Å²) in [7, 11) is 2.06. The molecule has 13 heavy (non-hydrogen) atoms. The molecule has 0 aliphatic carbocycles. The molecule has 1 aromatic carbocycles. The van der Waals surface area contributed by atoms with Gasteiger partial charge in [0.2, 0.25) is 0 Å². The van der Waals surface area contributed by atoms with E-state index in [4.69, 9.17) is 6.42 Å². The Bertz CT molecular complexity index is 498. The zero-order valence-corrected chi connectivity index (χ0v) is 7.83. The Morgan fingerprint density at radius 2 is 2.08 bits per heavy atom. The van der Waals surface area contributed by atoms with Crippen LogP contribution in [0.4, 0.5) is 0 Å².